The van der Waals surface area contributed by atoms with E-state index >= 15 is 0 Å². The van der Waals surface area contributed by atoms with Crippen LogP contribution in [0.5, 0.6) is 0 Å². The Morgan fingerprint density at radius 3 is 2.75 bits per heavy atom. The summed E-state index contributed by atoms with van der Waals surface area (Å²) in [6.07, 6.45) is 3.27. The molecule has 0 amide bonds. The van der Waals surface area contributed by atoms with Crippen LogP contribution in [0.3, 0.4) is 0 Å². The van der Waals surface area contributed by atoms with Crippen molar-refractivity contribution in [1.82, 2.24) is 10.2 Å². The summed E-state index contributed by atoms with van der Waals surface area (Å²) < 4.78 is 5.44. The van der Waals surface area contributed by atoms with Crippen molar-refractivity contribution in [2.45, 2.75) is 31.4 Å². The first-order valence-corrected chi connectivity index (χ1v) is 6.68. The van der Waals surface area contributed by atoms with Crippen molar-refractivity contribution < 1.29 is 4.74 Å². The highest BCUT2D eigenvalue weighted by molar-refractivity contribution is 7.98. The van der Waals surface area contributed by atoms with Gasteiger partial charge in [-0.05, 0) is 38.7 Å². The third-order valence-corrected chi connectivity index (χ3v) is 2.56. The zero-order valence-corrected chi connectivity index (χ0v) is 10.9. The highest BCUT2D eigenvalue weighted by Crippen LogP contribution is 2.11. The van der Waals surface area contributed by atoms with Gasteiger partial charge in [-0.2, -0.15) is 0 Å². The number of nitrogens with zero attached hydrogens (tertiary/aromatic N) is 2. The molecule has 1 rings (SSSR count). The van der Waals surface area contributed by atoms with E-state index in [-0.39, 0.29) is 0 Å². The van der Waals surface area contributed by atoms with Gasteiger partial charge in [0, 0.05) is 13.2 Å². The van der Waals surface area contributed by atoms with E-state index in [1.165, 1.54) is 0 Å². The van der Waals surface area contributed by atoms with Gasteiger partial charge in [0.25, 0.3) is 0 Å². The van der Waals surface area contributed by atoms with E-state index < -0.39 is 0 Å². The minimum atomic E-state index is 0.306. The summed E-state index contributed by atoms with van der Waals surface area (Å²) in [6, 6.07) is 3.91. The molecule has 0 aliphatic carbocycles. The lowest BCUT2D eigenvalue weighted by atomic mass is 10.4. The molecule has 1 aromatic heterocycles. The van der Waals surface area contributed by atoms with E-state index in [2.05, 4.69) is 15.5 Å². The molecule has 0 fully saturated rings. The molecule has 0 atom stereocenters. The maximum Gasteiger partial charge on any atom is 0.148 e. The number of nitrogens with one attached hydrogen (secondary N) is 1. The summed E-state index contributed by atoms with van der Waals surface area (Å²) in [5, 5.41) is 12.2. The van der Waals surface area contributed by atoms with Crippen LogP contribution in [0.1, 0.15) is 20.3 Å². The lowest BCUT2D eigenvalue weighted by molar-refractivity contribution is 0.0787. The van der Waals surface area contributed by atoms with E-state index in [1.54, 1.807) is 11.8 Å². The second-order valence-electron chi connectivity index (χ2n) is 3.66. The van der Waals surface area contributed by atoms with Gasteiger partial charge in [0.2, 0.25) is 0 Å². The second-order valence-corrected chi connectivity index (χ2v) is 4.49. The Balaban J connectivity index is 2.16. The minimum absolute atomic E-state index is 0.306. The highest BCUT2D eigenvalue weighted by atomic mass is 32.2. The van der Waals surface area contributed by atoms with Crippen molar-refractivity contribution >= 4 is 17.6 Å². The van der Waals surface area contributed by atoms with E-state index in [0.29, 0.717) is 6.10 Å². The van der Waals surface area contributed by atoms with Gasteiger partial charge in [-0.15, -0.1) is 22.0 Å². The van der Waals surface area contributed by atoms with Gasteiger partial charge in [-0.3, -0.25) is 0 Å². The molecule has 1 heterocycles. The van der Waals surface area contributed by atoms with E-state index in [9.17, 15) is 0 Å². The first-order valence-electron chi connectivity index (χ1n) is 5.45. The van der Waals surface area contributed by atoms with Gasteiger partial charge in [0.05, 0.1) is 6.10 Å². The number of ether oxygens (including phenoxy) is 1. The van der Waals surface area contributed by atoms with Gasteiger partial charge in [0.15, 0.2) is 0 Å². The molecule has 0 aromatic carbocycles. The molecule has 0 bridgehead atoms. The molecule has 5 heteroatoms. The maximum absolute atomic E-state index is 5.44. The first-order chi connectivity index (χ1) is 7.72. The number of rotatable bonds is 7. The predicted molar refractivity (Wildman–Crippen MR) is 68.0 cm³/mol. The van der Waals surface area contributed by atoms with Crippen LogP contribution in [0, 0.1) is 0 Å². The van der Waals surface area contributed by atoms with Gasteiger partial charge < -0.3 is 10.1 Å². The molecular formula is C11H19N3OS. The lowest BCUT2D eigenvalue weighted by Gasteiger charge is -2.08. The number of aromatic nitrogens is 2. The molecule has 0 saturated heterocycles. The van der Waals surface area contributed by atoms with Crippen LogP contribution in [0.4, 0.5) is 5.82 Å². The smallest absolute Gasteiger partial charge is 0.148 e. The Morgan fingerprint density at radius 2 is 2.19 bits per heavy atom. The fourth-order valence-corrected chi connectivity index (χ4v) is 1.46. The molecule has 0 aliphatic rings. The zero-order valence-electron chi connectivity index (χ0n) is 10.1. The van der Waals surface area contributed by atoms with E-state index in [0.717, 1.165) is 30.4 Å². The molecule has 1 aromatic rings. The van der Waals surface area contributed by atoms with Crippen LogP contribution in [-0.2, 0) is 4.74 Å². The molecule has 16 heavy (non-hydrogen) atoms. The Hall–Kier alpha value is -0.810. The third kappa shape index (κ3) is 5.32. The van der Waals surface area contributed by atoms with Crippen molar-refractivity contribution in [3.05, 3.63) is 12.1 Å². The molecule has 0 saturated carbocycles. The Labute approximate surface area is 101 Å². The average Bonchev–Trinajstić information content (AvgIpc) is 2.29. The fourth-order valence-electron chi connectivity index (χ4n) is 1.13. The molecular weight excluding hydrogens is 222 g/mol. The number of anilines is 1. The van der Waals surface area contributed by atoms with Crippen LogP contribution in [0.15, 0.2) is 17.2 Å². The maximum atomic E-state index is 5.44. The Bertz CT molecular complexity index is 290. The lowest BCUT2D eigenvalue weighted by Crippen LogP contribution is -2.10. The number of thioether (sulfide) groups is 1. The zero-order chi connectivity index (χ0) is 11.8. The fraction of sp³-hybridized carbons (Fsp3) is 0.636. The highest BCUT2D eigenvalue weighted by Gasteiger charge is 1.96. The summed E-state index contributed by atoms with van der Waals surface area (Å²) >= 11 is 1.59. The van der Waals surface area contributed by atoms with Crippen molar-refractivity contribution in [1.29, 1.82) is 0 Å². The molecule has 0 spiro atoms. The largest absolute Gasteiger partial charge is 0.379 e. The van der Waals surface area contributed by atoms with Crippen molar-refractivity contribution in [3.63, 3.8) is 0 Å². The first kappa shape index (κ1) is 13.3. The summed E-state index contributed by atoms with van der Waals surface area (Å²) in [7, 11) is 0. The normalized spacial score (nSPS) is 10.8. The predicted octanol–water partition coefficient (Wildman–Crippen LogP) is 2.43. The van der Waals surface area contributed by atoms with Crippen LogP contribution in [0.25, 0.3) is 0 Å². The molecule has 90 valence electrons. The quantitative estimate of drug-likeness (QED) is 0.587. The summed E-state index contributed by atoms with van der Waals surface area (Å²) in [4.78, 5) is 0. The molecule has 0 aliphatic heterocycles. The standard InChI is InChI=1S/C11H19N3OS/c1-9(2)15-8-4-7-12-10-5-6-11(16-3)14-13-10/h5-6,9H,4,7-8H2,1-3H3,(H,12,13). The van der Waals surface area contributed by atoms with Crippen LogP contribution >= 0.6 is 11.8 Å². The molecule has 4 nitrogen and oxygen atoms in total. The SMILES string of the molecule is CSc1ccc(NCCCOC(C)C)nn1. The summed E-state index contributed by atoms with van der Waals surface area (Å²) in [6.45, 7) is 5.72. The van der Waals surface area contributed by atoms with Crippen molar-refractivity contribution in [3.8, 4) is 0 Å². The third-order valence-electron chi connectivity index (χ3n) is 1.93. The van der Waals surface area contributed by atoms with Gasteiger partial charge in [-0.25, -0.2) is 0 Å². The van der Waals surface area contributed by atoms with Gasteiger partial charge in [-0.1, -0.05) is 0 Å². The van der Waals surface area contributed by atoms with Crippen molar-refractivity contribution in [2.75, 3.05) is 24.7 Å². The van der Waals surface area contributed by atoms with Gasteiger partial charge >= 0.3 is 0 Å². The van der Waals surface area contributed by atoms with E-state index in [4.69, 9.17) is 4.74 Å². The van der Waals surface area contributed by atoms with Gasteiger partial charge in [0.1, 0.15) is 10.8 Å². The Morgan fingerprint density at radius 1 is 1.38 bits per heavy atom. The summed E-state index contributed by atoms with van der Waals surface area (Å²) in [5.41, 5.74) is 0. The van der Waals surface area contributed by atoms with Crippen LogP contribution < -0.4 is 5.32 Å². The van der Waals surface area contributed by atoms with Crippen molar-refractivity contribution in [2.24, 2.45) is 0 Å². The monoisotopic (exact) mass is 241 g/mol. The molecule has 1 N–H and O–H groups in total. The van der Waals surface area contributed by atoms with Crippen LogP contribution in [0.2, 0.25) is 0 Å². The number of hydrogen-bond donors (Lipinski definition) is 1. The second kappa shape index (κ2) is 7.46. The molecule has 0 radical (unpaired) electrons. The summed E-state index contributed by atoms with van der Waals surface area (Å²) in [5.74, 6) is 0.822. The minimum Gasteiger partial charge on any atom is -0.379 e. The average molecular weight is 241 g/mol. The molecule has 0 unspecified atom stereocenters. The topological polar surface area (TPSA) is 47.0 Å². The van der Waals surface area contributed by atoms with E-state index in [1.807, 2.05) is 32.2 Å². The Kier molecular flexibility index (Phi) is 6.18. The number of hydrogen-bond acceptors (Lipinski definition) is 5. The van der Waals surface area contributed by atoms with Crippen LogP contribution in [-0.4, -0.2) is 35.7 Å².